The van der Waals surface area contributed by atoms with E-state index in [-0.39, 0.29) is 23.6 Å². The first-order valence-corrected chi connectivity index (χ1v) is 9.30. The van der Waals surface area contributed by atoms with Crippen LogP contribution in [0.5, 0.6) is 0 Å². The maximum atomic E-state index is 7.17. The van der Waals surface area contributed by atoms with Gasteiger partial charge in [0.1, 0.15) is 0 Å². The topological polar surface area (TPSA) is 728 Å². The summed E-state index contributed by atoms with van der Waals surface area (Å²) in [5, 5.41) is 258. The van der Waals surface area contributed by atoms with E-state index in [2.05, 4.69) is 0 Å². The summed E-state index contributed by atoms with van der Waals surface area (Å²) in [7, 11) is -26.0. The van der Waals surface area contributed by atoms with Crippen LogP contribution < -0.4 is 0 Å². The molecule has 0 amide bonds. The van der Waals surface area contributed by atoms with Gasteiger partial charge in [-0.3, -0.25) is 4.70 Å². The van der Waals surface area contributed by atoms with Crippen molar-refractivity contribution in [1.29, 1.82) is 0 Å². The molecule has 0 spiro atoms. The van der Waals surface area contributed by atoms with Gasteiger partial charge in [-0.2, -0.15) is 0 Å². The normalized spacial score (nSPS) is 6.48. The molecule has 36 nitrogen and oxygen atoms in total. The number of hydrogen-bond acceptors (Lipinski definition) is 36. The molecule has 0 heterocycles. The molecule has 50 heavy (non-hydrogen) atoms. The van der Waals surface area contributed by atoms with Crippen molar-refractivity contribution in [2.45, 2.75) is 0 Å². The van der Waals surface area contributed by atoms with Crippen LogP contribution in [0, 0.1) is 0 Å². The molecule has 0 aliphatic rings. The Kier molecular flexibility index (Phi) is 161. The van der Waals surface area contributed by atoms with Gasteiger partial charge in [0, 0.05) is 0 Å². The zero-order chi connectivity index (χ0) is 42.9. The molecule has 50 heteroatoms. The molecule has 0 aromatic rings. The van der Waals surface area contributed by atoms with Gasteiger partial charge in [-0.15, -0.1) is 0 Å². The van der Waals surface area contributed by atoms with E-state index in [0.717, 1.165) is 0 Å². The van der Waals surface area contributed by atoms with Crippen LogP contribution in [0.4, 0.5) is 4.70 Å². The Balaban J connectivity index is -0.0000000235. The second-order valence-electron chi connectivity index (χ2n) is 4.16. The van der Waals surface area contributed by atoms with Crippen LogP contribution in [0.15, 0.2) is 0 Å². The predicted octanol–water partition coefficient (Wildman–Crippen LogP) is -25.1. The minimum atomic E-state index is -2.17. The van der Waals surface area contributed by atoms with E-state index in [1.165, 1.54) is 0 Å². The Morgan fingerprint density at radius 3 is 0.120 bits per heavy atom. The molecular weight excluding hydrogens is 732 g/mol. The van der Waals surface area contributed by atoms with Crippen LogP contribution in [0.3, 0.4) is 0 Å². The molecule has 0 aliphatic heterocycles. The molecule has 0 saturated heterocycles. The number of hydrogen-bond donors (Lipinski definition) is 36. The van der Waals surface area contributed by atoms with Gasteiger partial charge in [-0.1, -0.05) is 0 Å². The molecule has 0 aliphatic carbocycles. The van der Waals surface area contributed by atoms with Gasteiger partial charge in [-0.25, -0.2) is 0 Å². The second kappa shape index (κ2) is 87.0. The van der Waals surface area contributed by atoms with E-state index in [1.807, 2.05) is 0 Å². The van der Waals surface area contributed by atoms with Crippen molar-refractivity contribution in [3.63, 3.8) is 0 Å². The fourth-order valence-electron chi connectivity index (χ4n) is 0. The average Bonchev–Trinajstić information content (AvgIpc) is 2.61. The molecule has 0 bridgehead atoms. The number of rotatable bonds is 0. The molecule has 0 aromatic carbocycles. The van der Waals surface area contributed by atoms with Gasteiger partial charge in [0.2, 0.25) is 0 Å². The fourth-order valence-corrected chi connectivity index (χ4v) is 0. The summed E-state index contributed by atoms with van der Waals surface area (Å²) in [6.07, 6.45) is 0. The molecule has 0 atom stereocenters. The summed E-state index contributed by atoms with van der Waals surface area (Å²) in [6.45, 7) is 0. The zero-order valence-corrected chi connectivity index (χ0v) is 23.4. The molecule has 298 valence electrons. The third-order valence-electron chi connectivity index (χ3n) is 0. The van der Waals surface area contributed by atoms with Crippen molar-refractivity contribution in [3.05, 3.63) is 0 Å². The SMILES string of the molecule is F.OB(O)O.OB(O)O.OB(O)O.OB(O)O.OB(O)O.OB(O)O.OB(O)O.OB(O)O.OB(O)O.OB(O)O.OB(O)O.OB(O)O.[LiH]. The molecule has 0 unspecified atom stereocenters. The standard InChI is InChI=1S/12BH3O3.FH.Li.H/c12*2-1(3)4;;;/h12*2-4H;1H;;. The first kappa shape index (κ1) is 92.6. The van der Waals surface area contributed by atoms with Gasteiger partial charge in [0.05, 0.1) is 0 Å². The van der Waals surface area contributed by atoms with Crippen molar-refractivity contribution < 1.29 is 186 Å². The summed E-state index contributed by atoms with van der Waals surface area (Å²) in [5.41, 5.74) is 0. The Labute approximate surface area is 292 Å². The maximum absolute atomic E-state index is 7.17. The van der Waals surface area contributed by atoms with E-state index in [0.29, 0.717) is 0 Å². The molecule has 0 rings (SSSR count). The quantitative estimate of drug-likeness (QED) is 0.102. The van der Waals surface area contributed by atoms with E-state index in [1.54, 1.807) is 0 Å². The van der Waals surface area contributed by atoms with Crippen molar-refractivity contribution >= 4 is 107 Å². The van der Waals surface area contributed by atoms with Gasteiger partial charge in [0.15, 0.2) is 0 Å². The summed E-state index contributed by atoms with van der Waals surface area (Å²) >= 11 is 0. The first-order valence-electron chi connectivity index (χ1n) is 9.30. The van der Waals surface area contributed by atoms with Crippen LogP contribution >= 0.6 is 0 Å². The Morgan fingerprint density at radius 2 is 0.120 bits per heavy atom. The number of halogens is 1. The zero-order valence-electron chi connectivity index (χ0n) is 23.4. The fraction of sp³-hybridized carbons (Fsp3) is 0. The predicted molar refractivity (Wildman–Crippen MR) is 159 cm³/mol. The van der Waals surface area contributed by atoms with Gasteiger partial charge >= 0.3 is 107 Å². The van der Waals surface area contributed by atoms with Gasteiger partial charge < -0.3 is 181 Å². The summed E-state index contributed by atoms with van der Waals surface area (Å²) < 4.78 is 0. The Hall–Kier alpha value is -0.133. The first-order chi connectivity index (χ1) is 20.8. The molecule has 0 fully saturated rings. The summed E-state index contributed by atoms with van der Waals surface area (Å²) in [5.74, 6) is 0. The van der Waals surface area contributed by atoms with E-state index in [9.17, 15) is 0 Å². The summed E-state index contributed by atoms with van der Waals surface area (Å²) in [6, 6.07) is 0. The Bertz CT molecular complexity index is 239. The van der Waals surface area contributed by atoms with Crippen molar-refractivity contribution in [2.75, 3.05) is 0 Å². The van der Waals surface area contributed by atoms with E-state index < -0.39 is 87.9 Å². The van der Waals surface area contributed by atoms with Crippen LogP contribution in [-0.2, 0) is 0 Å². The van der Waals surface area contributed by atoms with Crippen LogP contribution in [0.1, 0.15) is 0 Å². The molecular formula is H38B12FLiO36. The second-order valence-corrected chi connectivity index (χ2v) is 4.16. The average molecular weight is 770 g/mol. The van der Waals surface area contributed by atoms with Crippen molar-refractivity contribution in [2.24, 2.45) is 0 Å². The molecule has 36 N–H and O–H groups in total. The third-order valence-corrected chi connectivity index (χ3v) is 0. The van der Waals surface area contributed by atoms with Crippen LogP contribution in [0.2, 0.25) is 0 Å². The van der Waals surface area contributed by atoms with Crippen LogP contribution in [-0.4, -0.2) is 288 Å². The van der Waals surface area contributed by atoms with Crippen LogP contribution in [0.25, 0.3) is 0 Å². The third kappa shape index (κ3) is 5910000. The Morgan fingerprint density at radius 1 is 0.120 bits per heavy atom. The van der Waals surface area contributed by atoms with E-state index in [4.69, 9.17) is 181 Å². The molecule has 0 saturated carbocycles. The van der Waals surface area contributed by atoms with E-state index >= 15 is 0 Å². The molecule has 0 aromatic heterocycles. The van der Waals surface area contributed by atoms with Crippen molar-refractivity contribution in [3.8, 4) is 0 Å². The van der Waals surface area contributed by atoms with Gasteiger partial charge in [0.25, 0.3) is 0 Å². The monoisotopic (exact) mass is 772 g/mol. The summed E-state index contributed by atoms with van der Waals surface area (Å²) in [4.78, 5) is 0. The minimum absolute atomic E-state index is 0. The molecule has 0 radical (unpaired) electrons. The van der Waals surface area contributed by atoms with Gasteiger partial charge in [-0.05, 0) is 0 Å². The van der Waals surface area contributed by atoms with Crippen molar-refractivity contribution in [1.82, 2.24) is 0 Å².